The number of methoxy groups -OCH3 is 1. The summed E-state index contributed by atoms with van der Waals surface area (Å²) in [6, 6.07) is 12.0. The molecule has 0 unspecified atom stereocenters. The SMILES string of the molecule is COC(=O)c1cccc(COc2ccc(C=O)cc2C)c1C#N. The fraction of sp³-hybridized carbons (Fsp3) is 0.167. The maximum Gasteiger partial charge on any atom is 0.339 e. The molecule has 0 spiro atoms. The van der Waals surface area contributed by atoms with E-state index in [1.165, 1.54) is 13.2 Å². The predicted octanol–water partition coefficient (Wildman–Crippen LogP) is 3.04. The van der Waals surface area contributed by atoms with Gasteiger partial charge in [0, 0.05) is 11.1 Å². The van der Waals surface area contributed by atoms with Crippen molar-refractivity contribution in [3.05, 3.63) is 64.2 Å². The number of esters is 1. The second-order valence-electron chi connectivity index (χ2n) is 4.87. The summed E-state index contributed by atoms with van der Waals surface area (Å²) in [7, 11) is 1.27. The lowest BCUT2D eigenvalue weighted by molar-refractivity contribution is 0.0600. The van der Waals surface area contributed by atoms with E-state index in [1.54, 1.807) is 30.3 Å². The molecule has 0 aliphatic carbocycles. The zero-order chi connectivity index (χ0) is 16.8. The first-order valence-corrected chi connectivity index (χ1v) is 6.89. The van der Waals surface area contributed by atoms with E-state index in [0.29, 0.717) is 16.9 Å². The molecule has 0 fully saturated rings. The van der Waals surface area contributed by atoms with E-state index in [1.807, 2.05) is 13.0 Å². The van der Waals surface area contributed by atoms with Gasteiger partial charge in [0.05, 0.1) is 18.2 Å². The van der Waals surface area contributed by atoms with Gasteiger partial charge in [-0.1, -0.05) is 12.1 Å². The molecule has 2 rings (SSSR count). The highest BCUT2D eigenvalue weighted by molar-refractivity contribution is 5.92. The number of rotatable bonds is 5. The highest BCUT2D eigenvalue weighted by atomic mass is 16.5. The molecule has 5 heteroatoms. The number of ether oxygens (including phenoxy) is 2. The van der Waals surface area contributed by atoms with Crippen molar-refractivity contribution in [3.8, 4) is 11.8 Å². The van der Waals surface area contributed by atoms with Gasteiger partial charge in [-0.25, -0.2) is 4.79 Å². The number of aldehydes is 1. The molecule has 0 N–H and O–H groups in total. The number of hydrogen-bond acceptors (Lipinski definition) is 5. The molecule has 5 nitrogen and oxygen atoms in total. The fourth-order valence-electron chi connectivity index (χ4n) is 2.20. The Balaban J connectivity index is 2.26. The zero-order valence-corrected chi connectivity index (χ0v) is 12.8. The molecule has 0 heterocycles. The molecular weight excluding hydrogens is 294 g/mol. The third kappa shape index (κ3) is 3.55. The molecule has 0 amide bonds. The van der Waals surface area contributed by atoms with Gasteiger partial charge >= 0.3 is 5.97 Å². The summed E-state index contributed by atoms with van der Waals surface area (Å²) < 4.78 is 10.4. The maximum absolute atomic E-state index is 11.7. The molecule has 0 bridgehead atoms. The van der Waals surface area contributed by atoms with Crippen LogP contribution in [0, 0.1) is 18.3 Å². The Kier molecular flexibility index (Phi) is 5.11. The van der Waals surface area contributed by atoms with E-state index in [4.69, 9.17) is 4.74 Å². The minimum Gasteiger partial charge on any atom is -0.489 e. The Bertz CT molecular complexity index is 790. The monoisotopic (exact) mass is 309 g/mol. The predicted molar refractivity (Wildman–Crippen MR) is 83.4 cm³/mol. The van der Waals surface area contributed by atoms with Crippen molar-refractivity contribution in [2.24, 2.45) is 0 Å². The van der Waals surface area contributed by atoms with Crippen molar-refractivity contribution < 1.29 is 19.1 Å². The summed E-state index contributed by atoms with van der Waals surface area (Å²) in [4.78, 5) is 22.4. The molecule has 0 radical (unpaired) electrons. The number of carbonyl (C=O) groups is 2. The molecule has 0 atom stereocenters. The Morgan fingerprint density at radius 3 is 2.70 bits per heavy atom. The van der Waals surface area contributed by atoms with Crippen LogP contribution in [0.2, 0.25) is 0 Å². The van der Waals surface area contributed by atoms with Gasteiger partial charge < -0.3 is 9.47 Å². The third-order valence-corrected chi connectivity index (χ3v) is 3.39. The van der Waals surface area contributed by atoms with E-state index in [9.17, 15) is 14.9 Å². The van der Waals surface area contributed by atoms with E-state index < -0.39 is 5.97 Å². The van der Waals surface area contributed by atoms with Crippen LogP contribution < -0.4 is 4.74 Å². The topological polar surface area (TPSA) is 76.4 Å². The molecule has 2 aromatic rings. The molecule has 0 saturated carbocycles. The van der Waals surface area contributed by atoms with Crippen molar-refractivity contribution in [1.29, 1.82) is 5.26 Å². The molecular formula is C18H15NO4. The van der Waals surface area contributed by atoms with Gasteiger partial charge in [0.1, 0.15) is 24.7 Å². The van der Waals surface area contributed by atoms with Crippen LogP contribution in [0.5, 0.6) is 5.75 Å². The number of aryl methyl sites for hydroxylation is 1. The van der Waals surface area contributed by atoms with Gasteiger partial charge in [-0.2, -0.15) is 5.26 Å². The van der Waals surface area contributed by atoms with Crippen LogP contribution in [0.4, 0.5) is 0 Å². The van der Waals surface area contributed by atoms with E-state index in [-0.39, 0.29) is 17.7 Å². The largest absolute Gasteiger partial charge is 0.489 e. The van der Waals surface area contributed by atoms with E-state index in [0.717, 1.165) is 11.8 Å². The van der Waals surface area contributed by atoms with Gasteiger partial charge in [0.2, 0.25) is 0 Å². The summed E-state index contributed by atoms with van der Waals surface area (Å²) in [6.07, 6.45) is 0.768. The number of nitriles is 1. The molecule has 0 saturated heterocycles. The lowest BCUT2D eigenvalue weighted by Gasteiger charge is -2.12. The molecule has 23 heavy (non-hydrogen) atoms. The molecule has 0 aliphatic rings. The molecule has 116 valence electrons. The summed E-state index contributed by atoms with van der Waals surface area (Å²) in [6.45, 7) is 1.97. The first kappa shape index (κ1) is 16.2. The van der Waals surface area contributed by atoms with Gasteiger partial charge in [-0.15, -0.1) is 0 Å². The van der Waals surface area contributed by atoms with Gasteiger partial charge in [0.25, 0.3) is 0 Å². The van der Waals surface area contributed by atoms with Crippen LogP contribution in [0.15, 0.2) is 36.4 Å². The van der Waals surface area contributed by atoms with Crippen molar-refractivity contribution >= 4 is 12.3 Å². The average molecular weight is 309 g/mol. The first-order chi connectivity index (χ1) is 11.1. The van der Waals surface area contributed by atoms with Crippen molar-refractivity contribution in [2.75, 3.05) is 7.11 Å². The van der Waals surface area contributed by atoms with Crippen molar-refractivity contribution in [1.82, 2.24) is 0 Å². The molecule has 0 aliphatic heterocycles. The highest BCUT2D eigenvalue weighted by Gasteiger charge is 2.15. The van der Waals surface area contributed by atoms with Crippen LogP contribution in [-0.2, 0) is 11.3 Å². The summed E-state index contributed by atoms with van der Waals surface area (Å²) in [5.74, 6) is 0.0536. The standard InChI is InChI=1S/C18H15NO4/c1-12-8-13(10-20)6-7-17(12)23-11-14-4-3-5-15(16(14)9-19)18(21)22-2/h3-8,10H,11H2,1-2H3. The highest BCUT2D eigenvalue weighted by Crippen LogP contribution is 2.22. The molecule has 2 aromatic carbocycles. The number of nitrogens with zero attached hydrogens (tertiary/aromatic N) is 1. The van der Waals surface area contributed by atoms with E-state index in [2.05, 4.69) is 4.74 Å². The Hall–Kier alpha value is -3.13. The Morgan fingerprint density at radius 1 is 1.30 bits per heavy atom. The van der Waals surface area contributed by atoms with Crippen molar-refractivity contribution in [3.63, 3.8) is 0 Å². The van der Waals surface area contributed by atoms with E-state index >= 15 is 0 Å². The second-order valence-corrected chi connectivity index (χ2v) is 4.87. The van der Waals surface area contributed by atoms with Crippen LogP contribution in [0.3, 0.4) is 0 Å². The quantitative estimate of drug-likeness (QED) is 0.626. The summed E-state index contributed by atoms with van der Waals surface area (Å²) in [5.41, 5.74) is 2.43. The van der Waals surface area contributed by atoms with Gasteiger partial charge in [-0.05, 0) is 36.8 Å². The Morgan fingerprint density at radius 2 is 2.09 bits per heavy atom. The average Bonchev–Trinajstić information content (AvgIpc) is 2.59. The van der Waals surface area contributed by atoms with Gasteiger partial charge in [0.15, 0.2) is 0 Å². The summed E-state index contributed by atoms with van der Waals surface area (Å²) in [5, 5.41) is 9.31. The fourth-order valence-corrected chi connectivity index (χ4v) is 2.20. The summed E-state index contributed by atoms with van der Waals surface area (Å²) >= 11 is 0. The van der Waals surface area contributed by atoms with Crippen LogP contribution >= 0.6 is 0 Å². The molecule has 0 aromatic heterocycles. The Labute approximate surface area is 134 Å². The second kappa shape index (κ2) is 7.23. The maximum atomic E-state index is 11.7. The lowest BCUT2D eigenvalue weighted by Crippen LogP contribution is -2.08. The first-order valence-electron chi connectivity index (χ1n) is 6.89. The van der Waals surface area contributed by atoms with Gasteiger partial charge in [-0.3, -0.25) is 4.79 Å². The zero-order valence-electron chi connectivity index (χ0n) is 12.8. The van der Waals surface area contributed by atoms with Crippen LogP contribution in [0.1, 0.15) is 37.4 Å². The number of carbonyl (C=O) groups excluding carboxylic acids is 2. The van der Waals surface area contributed by atoms with Crippen LogP contribution in [-0.4, -0.2) is 19.4 Å². The minimum atomic E-state index is -0.560. The normalized spacial score (nSPS) is 9.78. The van der Waals surface area contributed by atoms with Crippen molar-refractivity contribution in [2.45, 2.75) is 13.5 Å². The number of hydrogen-bond donors (Lipinski definition) is 0. The smallest absolute Gasteiger partial charge is 0.339 e. The minimum absolute atomic E-state index is 0.134. The third-order valence-electron chi connectivity index (χ3n) is 3.39. The lowest BCUT2D eigenvalue weighted by atomic mass is 10.0. The van der Waals surface area contributed by atoms with Crippen LogP contribution in [0.25, 0.3) is 0 Å². The number of benzene rings is 2.